The average molecular weight is 249 g/mol. The van der Waals surface area contributed by atoms with Gasteiger partial charge in [-0.15, -0.1) is 0 Å². The molecule has 1 unspecified atom stereocenters. The normalized spacial score (nSPS) is 12.8. The van der Waals surface area contributed by atoms with E-state index in [1.807, 2.05) is 0 Å². The van der Waals surface area contributed by atoms with Gasteiger partial charge in [-0.25, -0.2) is 0 Å². The molecule has 2 heteroatoms. The summed E-state index contributed by atoms with van der Waals surface area (Å²) in [5.41, 5.74) is 2.72. The van der Waals surface area contributed by atoms with Crippen LogP contribution in [0.2, 0.25) is 0 Å². The van der Waals surface area contributed by atoms with Crippen LogP contribution in [0.15, 0.2) is 18.2 Å². The van der Waals surface area contributed by atoms with Gasteiger partial charge in [-0.1, -0.05) is 39.7 Å². The van der Waals surface area contributed by atoms with Gasteiger partial charge in [0.15, 0.2) is 0 Å². The average Bonchev–Trinajstić information content (AvgIpc) is 2.39. The maximum Gasteiger partial charge on any atom is 0.119 e. The van der Waals surface area contributed by atoms with Gasteiger partial charge in [-0.05, 0) is 42.6 Å². The molecule has 0 radical (unpaired) electrons. The van der Waals surface area contributed by atoms with Crippen molar-refractivity contribution in [3.63, 3.8) is 0 Å². The van der Waals surface area contributed by atoms with Gasteiger partial charge in [0.2, 0.25) is 0 Å². The lowest BCUT2D eigenvalue weighted by molar-refractivity contribution is 0.345. The Labute approximate surface area is 112 Å². The molecular weight excluding hydrogens is 222 g/mol. The third kappa shape index (κ3) is 3.49. The van der Waals surface area contributed by atoms with E-state index in [1.54, 1.807) is 7.11 Å². The van der Waals surface area contributed by atoms with Gasteiger partial charge in [0.1, 0.15) is 5.75 Å². The summed E-state index contributed by atoms with van der Waals surface area (Å²) in [6.07, 6.45) is 2.42. The maximum absolute atomic E-state index is 5.28. The Morgan fingerprint density at radius 2 is 1.83 bits per heavy atom. The molecule has 0 aromatic heterocycles. The first kappa shape index (κ1) is 15.0. The largest absolute Gasteiger partial charge is 0.497 e. The Hall–Kier alpha value is -1.02. The van der Waals surface area contributed by atoms with Crippen LogP contribution >= 0.6 is 0 Å². The van der Waals surface area contributed by atoms with Crippen molar-refractivity contribution >= 4 is 0 Å². The minimum Gasteiger partial charge on any atom is -0.497 e. The second-order valence-corrected chi connectivity index (χ2v) is 4.83. The Kier molecular flexibility index (Phi) is 6.20. The van der Waals surface area contributed by atoms with Crippen LogP contribution in [-0.2, 0) is 0 Å². The smallest absolute Gasteiger partial charge is 0.119 e. The zero-order valence-corrected chi connectivity index (χ0v) is 12.4. The van der Waals surface area contributed by atoms with Gasteiger partial charge < -0.3 is 10.1 Å². The van der Waals surface area contributed by atoms with Crippen LogP contribution in [0.4, 0.5) is 0 Å². The van der Waals surface area contributed by atoms with Gasteiger partial charge >= 0.3 is 0 Å². The Balaban J connectivity index is 3.04. The van der Waals surface area contributed by atoms with Crippen molar-refractivity contribution in [3.05, 3.63) is 29.3 Å². The van der Waals surface area contributed by atoms with Gasteiger partial charge in [-0.3, -0.25) is 0 Å². The maximum atomic E-state index is 5.28. The molecule has 0 spiro atoms. The van der Waals surface area contributed by atoms with Crippen molar-refractivity contribution < 1.29 is 4.74 Å². The summed E-state index contributed by atoms with van der Waals surface area (Å²) in [5.74, 6) is 1.63. The molecule has 0 aliphatic carbocycles. The van der Waals surface area contributed by atoms with Crippen molar-refractivity contribution in [1.82, 2.24) is 5.32 Å². The zero-order chi connectivity index (χ0) is 13.5. The van der Waals surface area contributed by atoms with E-state index >= 15 is 0 Å². The highest BCUT2D eigenvalue weighted by atomic mass is 16.5. The van der Waals surface area contributed by atoms with Crippen LogP contribution in [-0.4, -0.2) is 13.7 Å². The highest BCUT2D eigenvalue weighted by Gasteiger charge is 2.21. The van der Waals surface area contributed by atoms with Crippen LogP contribution in [0.1, 0.15) is 50.8 Å². The third-order valence-electron chi connectivity index (χ3n) is 3.76. The molecule has 0 aliphatic rings. The second kappa shape index (κ2) is 7.42. The fourth-order valence-electron chi connectivity index (χ4n) is 2.63. The lowest BCUT2D eigenvalue weighted by Gasteiger charge is -2.28. The van der Waals surface area contributed by atoms with Crippen molar-refractivity contribution in [2.45, 2.75) is 46.6 Å². The molecule has 0 amide bonds. The molecule has 0 aliphatic heterocycles. The molecule has 0 saturated heterocycles. The van der Waals surface area contributed by atoms with Crippen molar-refractivity contribution in [2.75, 3.05) is 13.7 Å². The van der Waals surface area contributed by atoms with E-state index < -0.39 is 0 Å². The predicted octanol–water partition coefficient (Wildman–Crippen LogP) is 4.09. The van der Waals surface area contributed by atoms with E-state index in [2.05, 4.69) is 51.2 Å². The SMILES string of the molecule is CCNC(c1ccc(OC)cc1C)C(CC)CC. The third-order valence-corrected chi connectivity index (χ3v) is 3.76. The summed E-state index contributed by atoms with van der Waals surface area (Å²) in [4.78, 5) is 0. The molecule has 18 heavy (non-hydrogen) atoms. The van der Waals surface area contributed by atoms with Gasteiger partial charge in [0.25, 0.3) is 0 Å². The quantitative estimate of drug-likeness (QED) is 0.786. The summed E-state index contributed by atoms with van der Waals surface area (Å²) in [6, 6.07) is 6.85. The summed E-state index contributed by atoms with van der Waals surface area (Å²) < 4.78 is 5.28. The van der Waals surface area contributed by atoms with E-state index in [0.717, 1.165) is 12.3 Å². The monoisotopic (exact) mass is 249 g/mol. The lowest BCUT2D eigenvalue weighted by atomic mass is 9.86. The number of ether oxygens (including phenoxy) is 1. The fraction of sp³-hybridized carbons (Fsp3) is 0.625. The lowest BCUT2D eigenvalue weighted by Crippen LogP contribution is -2.28. The van der Waals surface area contributed by atoms with Crippen molar-refractivity contribution in [2.24, 2.45) is 5.92 Å². The number of rotatable bonds is 7. The number of benzene rings is 1. The van der Waals surface area contributed by atoms with Gasteiger partial charge in [0, 0.05) is 6.04 Å². The molecule has 2 nitrogen and oxygen atoms in total. The van der Waals surface area contributed by atoms with Gasteiger partial charge in [-0.2, -0.15) is 0 Å². The second-order valence-electron chi connectivity index (χ2n) is 4.83. The summed E-state index contributed by atoms with van der Waals surface area (Å²) >= 11 is 0. The van der Waals surface area contributed by atoms with Crippen LogP contribution < -0.4 is 10.1 Å². The zero-order valence-electron chi connectivity index (χ0n) is 12.4. The number of hydrogen-bond donors (Lipinski definition) is 1. The molecule has 102 valence electrons. The molecule has 1 aromatic rings. The summed E-state index contributed by atoms with van der Waals surface area (Å²) in [7, 11) is 1.72. The molecule has 1 atom stereocenters. The number of methoxy groups -OCH3 is 1. The Bertz CT molecular complexity index is 358. The molecule has 0 saturated carbocycles. The summed E-state index contributed by atoms with van der Waals surface area (Å²) in [6.45, 7) is 9.90. The highest BCUT2D eigenvalue weighted by Crippen LogP contribution is 2.31. The molecule has 0 fully saturated rings. The first-order valence-electron chi connectivity index (χ1n) is 7.05. The van der Waals surface area contributed by atoms with E-state index in [0.29, 0.717) is 12.0 Å². The Morgan fingerprint density at radius 1 is 1.17 bits per heavy atom. The van der Waals surface area contributed by atoms with Gasteiger partial charge in [0.05, 0.1) is 7.11 Å². The van der Waals surface area contributed by atoms with Crippen LogP contribution in [0.5, 0.6) is 5.75 Å². The molecule has 1 aromatic carbocycles. The molecule has 1 N–H and O–H groups in total. The predicted molar refractivity (Wildman–Crippen MR) is 78.2 cm³/mol. The van der Waals surface area contributed by atoms with E-state index in [9.17, 15) is 0 Å². The minimum absolute atomic E-state index is 0.455. The highest BCUT2D eigenvalue weighted by molar-refractivity contribution is 5.37. The van der Waals surface area contributed by atoms with E-state index in [4.69, 9.17) is 4.74 Å². The van der Waals surface area contributed by atoms with E-state index in [1.165, 1.54) is 24.0 Å². The molecular formula is C16H27NO. The van der Waals surface area contributed by atoms with Crippen molar-refractivity contribution in [1.29, 1.82) is 0 Å². The van der Waals surface area contributed by atoms with E-state index in [-0.39, 0.29) is 0 Å². The minimum atomic E-state index is 0.455. The van der Waals surface area contributed by atoms with Crippen LogP contribution in [0.25, 0.3) is 0 Å². The number of nitrogens with one attached hydrogen (secondary N) is 1. The van der Waals surface area contributed by atoms with Crippen molar-refractivity contribution in [3.8, 4) is 5.75 Å². The topological polar surface area (TPSA) is 21.3 Å². The number of aryl methyl sites for hydroxylation is 1. The summed E-state index contributed by atoms with van der Waals surface area (Å²) in [5, 5.41) is 3.64. The van der Waals surface area contributed by atoms with Crippen LogP contribution in [0, 0.1) is 12.8 Å². The standard InChI is InChI=1S/C16H27NO/c1-6-13(7-2)16(17-8-3)15-10-9-14(18-5)11-12(15)4/h9-11,13,16-17H,6-8H2,1-5H3. The first-order chi connectivity index (χ1) is 8.67. The van der Waals surface area contributed by atoms with Crippen LogP contribution in [0.3, 0.4) is 0 Å². The molecule has 0 bridgehead atoms. The first-order valence-corrected chi connectivity index (χ1v) is 7.05. The fourth-order valence-corrected chi connectivity index (χ4v) is 2.63. The Morgan fingerprint density at radius 3 is 2.28 bits per heavy atom. The molecule has 1 rings (SSSR count). The number of hydrogen-bond acceptors (Lipinski definition) is 2. The molecule has 0 heterocycles.